The van der Waals surface area contributed by atoms with E-state index in [0.29, 0.717) is 17.9 Å². The topological polar surface area (TPSA) is 28.1 Å². The van der Waals surface area contributed by atoms with Crippen LogP contribution in [0.4, 0.5) is 0 Å². The van der Waals surface area contributed by atoms with Gasteiger partial charge in [-0.15, -0.1) is 0 Å². The van der Waals surface area contributed by atoms with Gasteiger partial charge in [-0.25, -0.2) is 0 Å². The van der Waals surface area contributed by atoms with Crippen LogP contribution in [0.3, 0.4) is 0 Å². The van der Waals surface area contributed by atoms with Crippen LogP contribution in [-0.4, -0.2) is 58.9 Å². The number of fused-ring (bicyclic) bond motifs is 1. The van der Waals surface area contributed by atoms with Gasteiger partial charge in [0.2, 0.25) is 0 Å². The Morgan fingerprint density at radius 1 is 0.909 bits per heavy atom. The van der Waals surface area contributed by atoms with E-state index in [2.05, 4.69) is 56.5 Å². The summed E-state index contributed by atoms with van der Waals surface area (Å²) in [6.07, 6.45) is 2.77. The molecule has 0 aromatic carbocycles. The average molecular weight is 307 g/mol. The molecule has 0 radical (unpaired) electrons. The van der Waals surface area contributed by atoms with Crippen LogP contribution in [0.5, 0.6) is 0 Å². The highest BCUT2D eigenvalue weighted by atomic mass is 16.6. The van der Waals surface area contributed by atoms with Crippen molar-refractivity contribution in [1.29, 1.82) is 0 Å². The lowest BCUT2D eigenvalue weighted by atomic mass is 9.83. The van der Waals surface area contributed by atoms with E-state index < -0.39 is 0 Å². The lowest BCUT2D eigenvalue weighted by Crippen LogP contribution is -2.47. The quantitative estimate of drug-likeness (QED) is 0.745. The number of piperidine rings is 1. The zero-order valence-electron chi connectivity index (χ0n) is 15.2. The van der Waals surface area contributed by atoms with Gasteiger partial charge in [-0.1, -0.05) is 5.16 Å². The molecule has 2 saturated heterocycles. The van der Waals surface area contributed by atoms with Crippen LogP contribution in [0, 0.1) is 11.8 Å². The van der Waals surface area contributed by atoms with Crippen molar-refractivity contribution >= 4 is 5.71 Å². The lowest BCUT2D eigenvalue weighted by molar-refractivity contribution is 0.0624. The molecule has 3 rings (SSSR count). The highest BCUT2D eigenvalue weighted by Gasteiger charge is 2.47. The Hall–Kier alpha value is -0.610. The van der Waals surface area contributed by atoms with Gasteiger partial charge in [0.15, 0.2) is 0 Å². The van der Waals surface area contributed by atoms with Crippen LogP contribution < -0.4 is 0 Å². The standard InChI is InChI=1S/C18H33N3O/c1-17(2,3)20-9-7-13(8-10-20)16-14-11-21(18(4,5)6)12-15(14)22-19-16/h13-15H,7-12H2,1-6H3. The number of oxime groups is 1. The summed E-state index contributed by atoms with van der Waals surface area (Å²) in [7, 11) is 0. The monoisotopic (exact) mass is 307 g/mol. The van der Waals surface area contributed by atoms with Crippen LogP contribution in [-0.2, 0) is 4.84 Å². The Morgan fingerprint density at radius 2 is 1.50 bits per heavy atom. The van der Waals surface area contributed by atoms with Gasteiger partial charge in [0.25, 0.3) is 0 Å². The molecule has 0 saturated carbocycles. The van der Waals surface area contributed by atoms with Gasteiger partial charge in [0, 0.05) is 30.1 Å². The molecule has 0 bridgehead atoms. The molecule has 0 N–H and O–H groups in total. The third-order valence-electron chi connectivity index (χ3n) is 5.75. The maximum atomic E-state index is 5.79. The molecule has 126 valence electrons. The zero-order valence-corrected chi connectivity index (χ0v) is 15.2. The first-order valence-corrected chi connectivity index (χ1v) is 8.90. The molecular formula is C18H33N3O. The van der Waals surface area contributed by atoms with E-state index in [4.69, 9.17) is 4.84 Å². The number of rotatable bonds is 1. The van der Waals surface area contributed by atoms with Crippen molar-refractivity contribution in [2.24, 2.45) is 17.0 Å². The van der Waals surface area contributed by atoms with E-state index in [0.717, 1.165) is 13.1 Å². The summed E-state index contributed by atoms with van der Waals surface area (Å²) in [6, 6.07) is 0. The molecule has 0 aromatic heterocycles. The minimum atomic E-state index is 0.231. The van der Waals surface area contributed by atoms with Crippen molar-refractivity contribution in [3.8, 4) is 0 Å². The number of likely N-dealkylation sites (tertiary alicyclic amines) is 2. The Kier molecular flexibility index (Phi) is 4.05. The second-order valence-electron chi connectivity index (χ2n) is 9.27. The summed E-state index contributed by atoms with van der Waals surface area (Å²) in [5, 5.41) is 4.52. The molecule has 3 heterocycles. The summed E-state index contributed by atoms with van der Waals surface area (Å²) in [6.45, 7) is 18.4. The van der Waals surface area contributed by atoms with Crippen molar-refractivity contribution in [1.82, 2.24) is 9.80 Å². The van der Waals surface area contributed by atoms with Gasteiger partial charge in [-0.2, -0.15) is 0 Å². The van der Waals surface area contributed by atoms with Gasteiger partial charge in [-0.3, -0.25) is 9.80 Å². The third-order valence-corrected chi connectivity index (χ3v) is 5.75. The van der Waals surface area contributed by atoms with Crippen LogP contribution >= 0.6 is 0 Å². The minimum absolute atomic E-state index is 0.231. The van der Waals surface area contributed by atoms with E-state index in [-0.39, 0.29) is 11.1 Å². The van der Waals surface area contributed by atoms with Gasteiger partial charge in [0.05, 0.1) is 11.6 Å². The predicted octanol–water partition coefficient (Wildman–Crippen LogP) is 2.98. The van der Waals surface area contributed by atoms with E-state index in [1.807, 2.05) is 0 Å². The van der Waals surface area contributed by atoms with E-state index in [1.54, 1.807) is 0 Å². The molecule has 4 heteroatoms. The summed E-state index contributed by atoms with van der Waals surface area (Å²) in [5.41, 5.74) is 1.89. The largest absolute Gasteiger partial charge is 0.390 e. The van der Waals surface area contributed by atoms with Gasteiger partial charge in [0.1, 0.15) is 6.10 Å². The lowest BCUT2D eigenvalue weighted by Gasteiger charge is -2.41. The predicted molar refractivity (Wildman–Crippen MR) is 91.2 cm³/mol. The summed E-state index contributed by atoms with van der Waals surface area (Å²) in [5.74, 6) is 1.17. The molecular weight excluding hydrogens is 274 g/mol. The fraction of sp³-hybridized carbons (Fsp3) is 0.944. The number of hydrogen-bond donors (Lipinski definition) is 0. The van der Waals surface area contributed by atoms with Crippen LogP contribution in [0.2, 0.25) is 0 Å². The van der Waals surface area contributed by atoms with E-state index in [9.17, 15) is 0 Å². The summed E-state index contributed by atoms with van der Waals surface area (Å²) >= 11 is 0. The molecule has 2 atom stereocenters. The summed E-state index contributed by atoms with van der Waals surface area (Å²) < 4.78 is 0. The second kappa shape index (κ2) is 5.48. The Morgan fingerprint density at radius 3 is 2.05 bits per heavy atom. The average Bonchev–Trinajstić information content (AvgIpc) is 2.96. The maximum Gasteiger partial charge on any atom is 0.149 e. The second-order valence-corrected chi connectivity index (χ2v) is 9.27. The van der Waals surface area contributed by atoms with Gasteiger partial charge >= 0.3 is 0 Å². The van der Waals surface area contributed by atoms with Crippen molar-refractivity contribution in [2.75, 3.05) is 26.2 Å². The van der Waals surface area contributed by atoms with Crippen LogP contribution in [0.15, 0.2) is 5.16 Å². The highest BCUT2D eigenvalue weighted by Crippen LogP contribution is 2.36. The molecule has 0 aliphatic carbocycles. The molecule has 4 nitrogen and oxygen atoms in total. The minimum Gasteiger partial charge on any atom is -0.390 e. The fourth-order valence-electron chi connectivity index (χ4n) is 4.13. The first-order valence-electron chi connectivity index (χ1n) is 8.90. The SMILES string of the molecule is CC(C)(C)N1CCC(C2=NOC3CN(C(C)(C)C)CC23)CC1. The van der Waals surface area contributed by atoms with Crippen molar-refractivity contribution < 1.29 is 4.84 Å². The number of nitrogens with zero attached hydrogens (tertiary/aromatic N) is 3. The zero-order chi connectivity index (χ0) is 16.1. The highest BCUT2D eigenvalue weighted by molar-refractivity contribution is 5.90. The number of hydrogen-bond acceptors (Lipinski definition) is 4. The Bertz CT molecular complexity index is 438. The molecule has 22 heavy (non-hydrogen) atoms. The molecule has 3 aliphatic heterocycles. The first-order chi connectivity index (χ1) is 10.2. The van der Waals surface area contributed by atoms with Gasteiger partial charge < -0.3 is 4.84 Å². The maximum absolute atomic E-state index is 5.79. The molecule has 2 fully saturated rings. The van der Waals surface area contributed by atoms with E-state index >= 15 is 0 Å². The van der Waals surface area contributed by atoms with Crippen molar-refractivity contribution in [3.05, 3.63) is 0 Å². The van der Waals surface area contributed by atoms with Crippen molar-refractivity contribution in [2.45, 2.75) is 71.6 Å². The Labute approximate surface area is 135 Å². The van der Waals surface area contributed by atoms with Gasteiger partial charge in [-0.05, 0) is 67.5 Å². The first kappa shape index (κ1) is 16.3. The molecule has 0 spiro atoms. The van der Waals surface area contributed by atoms with Crippen LogP contribution in [0.1, 0.15) is 54.4 Å². The fourth-order valence-corrected chi connectivity index (χ4v) is 4.13. The molecule has 0 amide bonds. The Balaban J connectivity index is 1.61. The normalized spacial score (nSPS) is 32.0. The van der Waals surface area contributed by atoms with E-state index in [1.165, 1.54) is 31.6 Å². The summed E-state index contributed by atoms with van der Waals surface area (Å²) in [4.78, 5) is 11.0. The van der Waals surface area contributed by atoms with Crippen molar-refractivity contribution in [3.63, 3.8) is 0 Å². The smallest absolute Gasteiger partial charge is 0.149 e. The molecule has 0 aromatic rings. The molecule has 2 unspecified atom stereocenters. The third kappa shape index (κ3) is 3.05. The van der Waals surface area contributed by atoms with Crippen LogP contribution in [0.25, 0.3) is 0 Å². The molecule has 3 aliphatic rings.